The zero-order chi connectivity index (χ0) is 19.2. The van der Waals surface area contributed by atoms with E-state index in [0.29, 0.717) is 33.9 Å². The summed E-state index contributed by atoms with van der Waals surface area (Å²) in [4.78, 5) is 25.2. The summed E-state index contributed by atoms with van der Waals surface area (Å²) in [6, 6.07) is 0. The summed E-state index contributed by atoms with van der Waals surface area (Å²) in [5.41, 5.74) is 0.748. The molecule has 2 atom stereocenters. The number of carbonyl (C=O) groups excluding carboxylic acids is 2. The van der Waals surface area contributed by atoms with Crippen LogP contribution >= 0.6 is 15.9 Å². The normalized spacial score (nSPS) is 27.6. The highest BCUT2D eigenvalue weighted by Crippen LogP contribution is 2.50. The van der Waals surface area contributed by atoms with Crippen molar-refractivity contribution in [1.29, 1.82) is 0 Å². The molecule has 0 saturated carbocycles. The second-order valence-electron chi connectivity index (χ2n) is 8.70. The number of carbonyl (C=O) groups is 2. The molecule has 0 N–H and O–H groups in total. The lowest BCUT2D eigenvalue weighted by atomic mass is 9.63. The van der Waals surface area contributed by atoms with Crippen LogP contribution in [0.1, 0.15) is 61.3 Å². The zero-order valence-corrected chi connectivity index (χ0v) is 19.1. The maximum Gasteiger partial charge on any atom is 0.258 e. The first kappa shape index (κ1) is 20.6. The summed E-state index contributed by atoms with van der Waals surface area (Å²) < 4.78 is 7.20. The number of rotatable bonds is 5. The van der Waals surface area contributed by atoms with E-state index in [9.17, 15) is 9.59 Å². The van der Waals surface area contributed by atoms with Gasteiger partial charge in [-0.15, -0.1) is 0 Å². The largest absolute Gasteiger partial charge is 0.546 e. The third-order valence-corrected chi connectivity index (χ3v) is 12.9. The molecular formula is C20H31BrO3Si. The number of ketones is 2. The molecule has 0 amide bonds. The van der Waals surface area contributed by atoms with Crippen molar-refractivity contribution in [3.05, 3.63) is 22.4 Å². The minimum atomic E-state index is -2.05. The van der Waals surface area contributed by atoms with Gasteiger partial charge in [-0.2, -0.15) is 0 Å². The molecule has 0 aromatic rings. The van der Waals surface area contributed by atoms with Crippen molar-refractivity contribution in [3.63, 3.8) is 0 Å². The van der Waals surface area contributed by atoms with Gasteiger partial charge in [0.05, 0.1) is 10.2 Å². The number of Topliss-reactive ketones (excluding diaryl/α,β-unsaturated/α-hetero) is 1. The average Bonchev–Trinajstić information content (AvgIpc) is 2.49. The molecule has 0 radical (unpaired) electrons. The summed E-state index contributed by atoms with van der Waals surface area (Å²) in [7, 11) is -2.05. The van der Waals surface area contributed by atoms with E-state index < -0.39 is 13.7 Å². The van der Waals surface area contributed by atoms with Gasteiger partial charge in [0.1, 0.15) is 0 Å². The Kier molecular flexibility index (Phi) is 5.89. The molecular weight excluding hydrogens is 396 g/mol. The molecule has 3 nitrogen and oxygen atoms in total. The van der Waals surface area contributed by atoms with Crippen molar-refractivity contribution in [3.8, 4) is 0 Å². The molecule has 5 heteroatoms. The molecule has 140 valence electrons. The molecule has 0 bridgehead atoms. The van der Waals surface area contributed by atoms with Crippen LogP contribution in [-0.2, 0) is 14.0 Å². The first-order valence-electron chi connectivity index (χ1n) is 9.30. The first-order valence-corrected chi connectivity index (χ1v) is 12.2. The van der Waals surface area contributed by atoms with Gasteiger partial charge in [0.25, 0.3) is 8.32 Å². The fraction of sp³-hybridized carbons (Fsp3) is 0.700. The van der Waals surface area contributed by atoms with Gasteiger partial charge >= 0.3 is 0 Å². The number of hydrogen-bond acceptors (Lipinski definition) is 3. The smallest absolute Gasteiger partial charge is 0.258 e. The van der Waals surface area contributed by atoms with Crippen LogP contribution in [0.5, 0.6) is 0 Å². The third kappa shape index (κ3) is 3.34. The third-order valence-electron chi connectivity index (χ3n) is 6.25. The van der Waals surface area contributed by atoms with E-state index in [2.05, 4.69) is 63.5 Å². The van der Waals surface area contributed by atoms with Crippen molar-refractivity contribution in [2.24, 2.45) is 11.3 Å². The SMILES string of the molecule is CC(C)[Si](OC1=CC[C@@H]2C(=O)C=C(Br)C(=O)[C@]2(C)C1)(C(C)C)C(C)C. The van der Waals surface area contributed by atoms with E-state index in [1.807, 2.05) is 6.92 Å². The van der Waals surface area contributed by atoms with E-state index in [1.165, 1.54) is 6.08 Å². The molecule has 0 aromatic heterocycles. The fourth-order valence-corrected chi connectivity index (χ4v) is 11.0. The van der Waals surface area contributed by atoms with Crippen LogP contribution in [0.15, 0.2) is 22.4 Å². The van der Waals surface area contributed by atoms with Crippen LogP contribution in [0, 0.1) is 11.3 Å². The zero-order valence-electron chi connectivity index (χ0n) is 16.5. The van der Waals surface area contributed by atoms with Gasteiger partial charge in [-0.1, -0.05) is 48.5 Å². The van der Waals surface area contributed by atoms with Crippen molar-refractivity contribution in [2.75, 3.05) is 0 Å². The topological polar surface area (TPSA) is 43.4 Å². The van der Waals surface area contributed by atoms with Crippen molar-refractivity contribution < 1.29 is 14.0 Å². The van der Waals surface area contributed by atoms with Crippen LogP contribution in [-0.4, -0.2) is 19.9 Å². The van der Waals surface area contributed by atoms with Gasteiger partial charge in [-0.05, 0) is 51.1 Å². The Morgan fingerprint density at radius 1 is 1.12 bits per heavy atom. The summed E-state index contributed by atoms with van der Waals surface area (Å²) in [5.74, 6) is 0.730. The quantitative estimate of drug-likeness (QED) is 0.513. The minimum absolute atomic E-state index is 0.0252. The fourth-order valence-electron chi connectivity index (χ4n) is 4.96. The van der Waals surface area contributed by atoms with Crippen molar-refractivity contribution >= 4 is 35.8 Å². The number of hydrogen-bond donors (Lipinski definition) is 0. The molecule has 0 aliphatic heterocycles. The highest BCUT2D eigenvalue weighted by molar-refractivity contribution is 9.12. The maximum atomic E-state index is 12.8. The maximum absolute atomic E-state index is 12.8. The second kappa shape index (κ2) is 7.14. The van der Waals surface area contributed by atoms with Crippen molar-refractivity contribution in [1.82, 2.24) is 0 Å². The van der Waals surface area contributed by atoms with Crippen LogP contribution in [0.3, 0.4) is 0 Å². The minimum Gasteiger partial charge on any atom is -0.546 e. The van der Waals surface area contributed by atoms with E-state index in [4.69, 9.17) is 4.43 Å². The van der Waals surface area contributed by atoms with Gasteiger partial charge in [0.2, 0.25) is 0 Å². The summed E-state index contributed by atoms with van der Waals surface area (Å²) in [5, 5.41) is 0. The van der Waals surface area contributed by atoms with Gasteiger partial charge in [-0.25, -0.2) is 0 Å². The number of fused-ring (bicyclic) bond motifs is 1. The molecule has 0 heterocycles. The molecule has 0 spiro atoms. The van der Waals surface area contributed by atoms with Crippen LogP contribution in [0.4, 0.5) is 0 Å². The van der Waals surface area contributed by atoms with Crippen molar-refractivity contribution in [2.45, 2.75) is 77.9 Å². The Balaban J connectivity index is 2.37. The predicted molar refractivity (Wildman–Crippen MR) is 108 cm³/mol. The summed E-state index contributed by atoms with van der Waals surface area (Å²) in [6.07, 6.45) is 4.63. The van der Waals surface area contributed by atoms with Gasteiger partial charge in [0, 0.05) is 17.8 Å². The lowest BCUT2D eigenvalue weighted by molar-refractivity contribution is -0.136. The lowest BCUT2D eigenvalue weighted by Gasteiger charge is -2.46. The number of allylic oxidation sites excluding steroid dienone is 4. The Hall–Kier alpha value is -0.683. The van der Waals surface area contributed by atoms with E-state index in [0.717, 1.165) is 5.76 Å². The van der Waals surface area contributed by atoms with Crippen LogP contribution in [0.2, 0.25) is 16.6 Å². The molecule has 0 fully saturated rings. The number of halogens is 1. The van der Waals surface area contributed by atoms with E-state index in [-0.39, 0.29) is 17.5 Å². The molecule has 0 saturated heterocycles. The first-order chi connectivity index (χ1) is 11.5. The van der Waals surface area contributed by atoms with Gasteiger partial charge in [-0.3, -0.25) is 9.59 Å². The lowest BCUT2D eigenvalue weighted by Crippen LogP contribution is -2.50. The highest BCUT2D eigenvalue weighted by atomic mass is 79.9. The average molecular weight is 427 g/mol. The van der Waals surface area contributed by atoms with Crippen LogP contribution < -0.4 is 0 Å². The molecule has 2 aliphatic rings. The Labute approximate surface area is 161 Å². The van der Waals surface area contributed by atoms with E-state index >= 15 is 0 Å². The summed E-state index contributed by atoms with van der Waals surface area (Å²) >= 11 is 3.28. The Bertz CT molecular complexity index is 611. The van der Waals surface area contributed by atoms with Gasteiger partial charge in [0.15, 0.2) is 11.6 Å². The van der Waals surface area contributed by atoms with E-state index in [1.54, 1.807) is 0 Å². The van der Waals surface area contributed by atoms with Gasteiger partial charge < -0.3 is 4.43 Å². The molecule has 2 rings (SSSR count). The van der Waals surface area contributed by atoms with Crippen LogP contribution in [0.25, 0.3) is 0 Å². The molecule has 25 heavy (non-hydrogen) atoms. The highest BCUT2D eigenvalue weighted by Gasteiger charge is 2.52. The molecule has 0 unspecified atom stereocenters. The monoisotopic (exact) mass is 426 g/mol. The standard InChI is InChI=1S/C20H31BrO3Si/c1-12(2)25(13(3)4,14(5)6)24-15-8-9-16-18(22)10-17(21)19(23)20(16,7)11-15/h8,10,12-14,16H,9,11H2,1-7H3/t16-,20-/m1/s1. The molecule has 0 aromatic carbocycles. The molecule has 2 aliphatic carbocycles. The summed E-state index contributed by atoms with van der Waals surface area (Å²) in [6.45, 7) is 15.5. The Morgan fingerprint density at radius 2 is 1.64 bits per heavy atom. The predicted octanol–water partition coefficient (Wildman–Crippen LogP) is 5.91. The Morgan fingerprint density at radius 3 is 2.12 bits per heavy atom. The second-order valence-corrected chi connectivity index (χ2v) is 14.9.